The highest BCUT2D eigenvalue weighted by Gasteiger charge is 2.31. The van der Waals surface area contributed by atoms with E-state index in [1.165, 1.54) is 6.42 Å². The lowest BCUT2D eigenvalue weighted by Gasteiger charge is -2.31. The summed E-state index contributed by atoms with van der Waals surface area (Å²) in [5, 5.41) is 3.35. The summed E-state index contributed by atoms with van der Waals surface area (Å²) >= 11 is 0. The van der Waals surface area contributed by atoms with E-state index in [2.05, 4.69) is 12.2 Å². The van der Waals surface area contributed by atoms with E-state index in [1.807, 2.05) is 11.8 Å². The molecule has 1 amide bonds. The summed E-state index contributed by atoms with van der Waals surface area (Å²) in [6.07, 6.45) is 5.79. The maximum Gasteiger partial charge on any atom is 0.239 e. The molecule has 2 unspecified atom stereocenters. The molecule has 4 heteroatoms. The van der Waals surface area contributed by atoms with Gasteiger partial charge in [-0.25, -0.2) is 0 Å². The number of piperidine rings is 1. The first-order chi connectivity index (χ1) is 8.61. The number of hydrogen-bond donors (Lipinski definition) is 1. The van der Waals surface area contributed by atoms with Crippen molar-refractivity contribution in [1.29, 1.82) is 0 Å². The Labute approximate surface area is 110 Å². The topological polar surface area (TPSA) is 41.6 Å². The molecule has 2 rings (SSSR count). The van der Waals surface area contributed by atoms with Gasteiger partial charge in [-0.05, 0) is 46.0 Å². The highest BCUT2D eigenvalue weighted by atomic mass is 16.5. The van der Waals surface area contributed by atoms with Gasteiger partial charge in [-0.15, -0.1) is 0 Å². The van der Waals surface area contributed by atoms with Gasteiger partial charge in [0.2, 0.25) is 5.91 Å². The average molecular weight is 254 g/mol. The quantitative estimate of drug-likeness (QED) is 0.827. The van der Waals surface area contributed by atoms with Gasteiger partial charge in [-0.1, -0.05) is 0 Å². The summed E-state index contributed by atoms with van der Waals surface area (Å²) in [6.45, 7) is 7.58. The van der Waals surface area contributed by atoms with Crippen molar-refractivity contribution < 1.29 is 9.53 Å². The predicted octanol–water partition coefficient (Wildman–Crippen LogP) is 1.55. The zero-order chi connectivity index (χ0) is 13.0. The second-order valence-electron chi connectivity index (χ2n) is 5.89. The average Bonchev–Trinajstić information content (AvgIpc) is 2.83. The highest BCUT2D eigenvalue weighted by molar-refractivity contribution is 5.81. The van der Waals surface area contributed by atoms with Crippen molar-refractivity contribution in [3.8, 4) is 0 Å². The van der Waals surface area contributed by atoms with E-state index in [9.17, 15) is 4.79 Å². The molecule has 4 nitrogen and oxygen atoms in total. The fourth-order valence-corrected chi connectivity index (χ4v) is 2.82. The van der Waals surface area contributed by atoms with Crippen molar-refractivity contribution in [2.45, 2.75) is 57.6 Å². The first-order valence-corrected chi connectivity index (χ1v) is 7.27. The van der Waals surface area contributed by atoms with Crippen LogP contribution in [0, 0.1) is 0 Å². The van der Waals surface area contributed by atoms with Gasteiger partial charge in [0.1, 0.15) is 0 Å². The lowest BCUT2D eigenvalue weighted by molar-refractivity contribution is -0.134. The molecule has 0 saturated carbocycles. The van der Waals surface area contributed by atoms with Crippen molar-refractivity contribution in [2.24, 2.45) is 0 Å². The van der Waals surface area contributed by atoms with Gasteiger partial charge in [-0.2, -0.15) is 0 Å². The number of nitrogens with one attached hydrogen (secondary N) is 1. The van der Waals surface area contributed by atoms with Crippen molar-refractivity contribution >= 4 is 5.91 Å². The van der Waals surface area contributed by atoms with Crippen molar-refractivity contribution in [3.63, 3.8) is 0 Å². The third-order valence-electron chi connectivity index (χ3n) is 4.12. The lowest BCUT2D eigenvalue weighted by Crippen LogP contribution is -2.50. The van der Waals surface area contributed by atoms with Crippen LogP contribution in [0.4, 0.5) is 0 Å². The molecule has 0 aromatic heterocycles. The molecule has 0 bridgehead atoms. The van der Waals surface area contributed by atoms with Crippen LogP contribution in [0.2, 0.25) is 0 Å². The van der Waals surface area contributed by atoms with E-state index in [-0.39, 0.29) is 17.6 Å². The Morgan fingerprint density at radius 3 is 2.67 bits per heavy atom. The standard InChI is InChI=1S/C14H26N2O2/c1-12(13(17)16-8-4-3-5-9-16)15-11-14(2)7-6-10-18-14/h12,15H,3-11H2,1-2H3. The first kappa shape index (κ1) is 13.8. The van der Waals surface area contributed by atoms with Crippen molar-refractivity contribution in [3.05, 3.63) is 0 Å². The third-order valence-corrected chi connectivity index (χ3v) is 4.12. The number of hydrogen-bond acceptors (Lipinski definition) is 3. The van der Waals surface area contributed by atoms with Crippen LogP contribution in [0.15, 0.2) is 0 Å². The minimum Gasteiger partial charge on any atom is -0.374 e. The van der Waals surface area contributed by atoms with E-state index in [1.54, 1.807) is 0 Å². The van der Waals surface area contributed by atoms with Gasteiger partial charge < -0.3 is 15.0 Å². The zero-order valence-electron chi connectivity index (χ0n) is 11.7. The van der Waals surface area contributed by atoms with Gasteiger partial charge >= 0.3 is 0 Å². The summed E-state index contributed by atoms with van der Waals surface area (Å²) in [7, 11) is 0. The Morgan fingerprint density at radius 2 is 2.06 bits per heavy atom. The summed E-state index contributed by atoms with van der Waals surface area (Å²) in [5.74, 6) is 0.247. The Bertz CT molecular complexity index is 282. The molecule has 0 aliphatic carbocycles. The van der Waals surface area contributed by atoms with Crippen LogP contribution < -0.4 is 5.32 Å². The Hall–Kier alpha value is -0.610. The Kier molecular flexibility index (Phi) is 4.62. The third kappa shape index (κ3) is 3.45. The second kappa shape index (κ2) is 6.02. The van der Waals surface area contributed by atoms with Gasteiger partial charge in [0, 0.05) is 26.2 Å². The van der Waals surface area contributed by atoms with Crippen LogP contribution >= 0.6 is 0 Å². The number of carbonyl (C=O) groups excluding carboxylic acids is 1. The van der Waals surface area contributed by atoms with E-state index in [0.29, 0.717) is 0 Å². The van der Waals surface area contributed by atoms with E-state index in [4.69, 9.17) is 4.74 Å². The summed E-state index contributed by atoms with van der Waals surface area (Å²) in [5.41, 5.74) is -0.0730. The molecule has 0 radical (unpaired) electrons. The van der Waals surface area contributed by atoms with Gasteiger partial charge in [0.15, 0.2) is 0 Å². The maximum absolute atomic E-state index is 12.2. The van der Waals surface area contributed by atoms with E-state index in [0.717, 1.165) is 51.9 Å². The lowest BCUT2D eigenvalue weighted by atomic mass is 10.0. The minimum absolute atomic E-state index is 0.0730. The van der Waals surface area contributed by atoms with Gasteiger partial charge in [-0.3, -0.25) is 4.79 Å². The molecular formula is C14H26N2O2. The normalized spacial score (nSPS) is 30.4. The fourth-order valence-electron chi connectivity index (χ4n) is 2.82. The highest BCUT2D eigenvalue weighted by Crippen LogP contribution is 2.24. The summed E-state index contributed by atoms with van der Waals surface area (Å²) in [6, 6.07) is -0.0934. The molecule has 0 aromatic carbocycles. The zero-order valence-corrected chi connectivity index (χ0v) is 11.7. The molecule has 2 fully saturated rings. The van der Waals surface area contributed by atoms with Crippen LogP contribution in [0.3, 0.4) is 0 Å². The van der Waals surface area contributed by atoms with Crippen LogP contribution in [0.1, 0.15) is 46.0 Å². The minimum atomic E-state index is -0.0934. The predicted molar refractivity (Wildman–Crippen MR) is 71.5 cm³/mol. The number of carbonyl (C=O) groups is 1. The molecular weight excluding hydrogens is 228 g/mol. The van der Waals surface area contributed by atoms with Crippen LogP contribution in [-0.2, 0) is 9.53 Å². The van der Waals surface area contributed by atoms with Crippen molar-refractivity contribution in [1.82, 2.24) is 10.2 Å². The van der Waals surface area contributed by atoms with Crippen molar-refractivity contribution in [2.75, 3.05) is 26.2 Å². The molecule has 18 heavy (non-hydrogen) atoms. The molecule has 2 heterocycles. The summed E-state index contributed by atoms with van der Waals surface area (Å²) < 4.78 is 5.73. The van der Waals surface area contributed by atoms with Gasteiger partial charge in [0.05, 0.1) is 11.6 Å². The number of rotatable bonds is 4. The number of likely N-dealkylation sites (tertiary alicyclic amines) is 1. The Morgan fingerprint density at radius 1 is 1.33 bits per heavy atom. The molecule has 2 atom stereocenters. The van der Waals surface area contributed by atoms with Crippen LogP contribution in [-0.4, -0.2) is 48.7 Å². The molecule has 2 aliphatic heterocycles. The molecule has 2 aliphatic rings. The molecule has 0 aromatic rings. The number of ether oxygens (including phenoxy) is 1. The fraction of sp³-hybridized carbons (Fsp3) is 0.929. The number of amides is 1. The molecule has 2 saturated heterocycles. The number of nitrogens with zero attached hydrogens (tertiary/aromatic N) is 1. The second-order valence-corrected chi connectivity index (χ2v) is 5.89. The maximum atomic E-state index is 12.2. The molecule has 1 N–H and O–H groups in total. The molecule has 0 spiro atoms. The summed E-state index contributed by atoms with van der Waals surface area (Å²) in [4.78, 5) is 14.2. The smallest absolute Gasteiger partial charge is 0.239 e. The molecule has 104 valence electrons. The Balaban J connectivity index is 1.76. The largest absolute Gasteiger partial charge is 0.374 e. The SMILES string of the molecule is CC(NCC1(C)CCCO1)C(=O)N1CCCCC1. The van der Waals surface area contributed by atoms with E-state index < -0.39 is 0 Å². The monoisotopic (exact) mass is 254 g/mol. The van der Waals surface area contributed by atoms with Crippen LogP contribution in [0.5, 0.6) is 0 Å². The van der Waals surface area contributed by atoms with Gasteiger partial charge in [0.25, 0.3) is 0 Å². The first-order valence-electron chi connectivity index (χ1n) is 7.27. The van der Waals surface area contributed by atoms with Crippen LogP contribution in [0.25, 0.3) is 0 Å². The van der Waals surface area contributed by atoms with E-state index >= 15 is 0 Å².